The molecular weight excluding hydrogens is 328 g/mol. The molecule has 1 heterocycles. The van der Waals surface area contributed by atoms with Crippen LogP contribution in [0.3, 0.4) is 0 Å². The standard InChI is InChI=1S/C21H22N2OS/c1-4-15-5-7-17(8-6-15)19-13-25-21(22-19)23-20(24)18-11-9-16(10-12-18)14(2)3/h5-14H,4H2,1-3H3,(H,22,23,24). The van der Waals surface area contributed by atoms with E-state index < -0.39 is 0 Å². The van der Waals surface area contributed by atoms with E-state index in [1.54, 1.807) is 0 Å². The Hall–Kier alpha value is -2.46. The van der Waals surface area contributed by atoms with E-state index in [-0.39, 0.29) is 5.91 Å². The van der Waals surface area contributed by atoms with Gasteiger partial charge in [-0.3, -0.25) is 10.1 Å². The van der Waals surface area contributed by atoms with Gasteiger partial charge in [-0.15, -0.1) is 11.3 Å². The van der Waals surface area contributed by atoms with Gasteiger partial charge in [0.2, 0.25) is 0 Å². The summed E-state index contributed by atoms with van der Waals surface area (Å²) in [6.07, 6.45) is 1.02. The van der Waals surface area contributed by atoms with E-state index in [0.29, 0.717) is 16.6 Å². The van der Waals surface area contributed by atoms with Crippen LogP contribution in [-0.4, -0.2) is 10.9 Å². The number of anilines is 1. The zero-order chi connectivity index (χ0) is 17.8. The summed E-state index contributed by atoms with van der Waals surface area (Å²) in [5.74, 6) is 0.329. The highest BCUT2D eigenvalue weighted by molar-refractivity contribution is 7.14. The van der Waals surface area contributed by atoms with E-state index in [1.807, 2.05) is 29.6 Å². The maximum absolute atomic E-state index is 12.4. The van der Waals surface area contributed by atoms with Crippen LogP contribution in [0.5, 0.6) is 0 Å². The summed E-state index contributed by atoms with van der Waals surface area (Å²) in [4.78, 5) is 16.9. The van der Waals surface area contributed by atoms with Crippen LogP contribution in [0.4, 0.5) is 5.13 Å². The van der Waals surface area contributed by atoms with Gasteiger partial charge in [-0.05, 0) is 35.6 Å². The van der Waals surface area contributed by atoms with Crippen molar-refractivity contribution in [3.63, 3.8) is 0 Å². The molecule has 3 rings (SSSR count). The van der Waals surface area contributed by atoms with Gasteiger partial charge in [-0.2, -0.15) is 0 Å². The van der Waals surface area contributed by atoms with E-state index in [2.05, 4.69) is 55.3 Å². The van der Waals surface area contributed by atoms with Crippen LogP contribution < -0.4 is 5.32 Å². The zero-order valence-electron chi connectivity index (χ0n) is 14.7. The number of benzene rings is 2. The second-order valence-electron chi connectivity index (χ2n) is 6.32. The predicted molar refractivity (Wildman–Crippen MR) is 105 cm³/mol. The van der Waals surface area contributed by atoms with Gasteiger partial charge in [0.05, 0.1) is 5.69 Å². The SMILES string of the molecule is CCc1ccc(-c2csc(NC(=O)c3ccc(C(C)C)cc3)n2)cc1. The van der Waals surface area contributed by atoms with Crippen molar-refractivity contribution in [2.45, 2.75) is 33.1 Å². The van der Waals surface area contributed by atoms with Crippen molar-refractivity contribution in [2.24, 2.45) is 0 Å². The summed E-state index contributed by atoms with van der Waals surface area (Å²) in [5.41, 5.74) is 5.13. The van der Waals surface area contributed by atoms with E-state index in [1.165, 1.54) is 22.5 Å². The molecular formula is C21H22N2OS. The largest absolute Gasteiger partial charge is 0.298 e. The molecule has 128 valence electrons. The van der Waals surface area contributed by atoms with Gasteiger partial charge in [-0.1, -0.05) is 57.2 Å². The van der Waals surface area contributed by atoms with Crippen molar-refractivity contribution in [3.8, 4) is 11.3 Å². The summed E-state index contributed by atoms with van der Waals surface area (Å²) in [5, 5.41) is 5.48. The van der Waals surface area contributed by atoms with E-state index >= 15 is 0 Å². The molecule has 0 aliphatic rings. The molecule has 1 aromatic heterocycles. The van der Waals surface area contributed by atoms with Crippen LogP contribution in [-0.2, 0) is 6.42 Å². The normalized spacial score (nSPS) is 10.9. The first-order valence-corrected chi connectivity index (χ1v) is 9.41. The minimum absolute atomic E-state index is 0.127. The molecule has 0 spiro atoms. The van der Waals surface area contributed by atoms with Gasteiger partial charge >= 0.3 is 0 Å². The van der Waals surface area contributed by atoms with Crippen LogP contribution in [0.25, 0.3) is 11.3 Å². The lowest BCUT2D eigenvalue weighted by Crippen LogP contribution is -2.11. The number of aryl methyl sites for hydroxylation is 1. The van der Waals surface area contributed by atoms with E-state index in [0.717, 1.165) is 17.7 Å². The van der Waals surface area contributed by atoms with Crippen LogP contribution in [0.2, 0.25) is 0 Å². The zero-order valence-corrected chi connectivity index (χ0v) is 15.6. The Labute approximate surface area is 152 Å². The third-order valence-corrected chi connectivity index (χ3v) is 4.98. The fourth-order valence-electron chi connectivity index (χ4n) is 2.56. The van der Waals surface area contributed by atoms with Gasteiger partial charge in [0, 0.05) is 16.5 Å². The molecule has 3 aromatic rings. The molecule has 0 aliphatic carbocycles. The summed E-state index contributed by atoms with van der Waals surface area (Å²) in [7, 11) is 0. The highest BCUT2D eigenvalue weighted by Crippen LogP contribution is 2.25. The maximum atomic E-state index is 12.4. The number of aromatic nitrogens is 1. The van der Waals surface area contributed by atoms with Gasteiger partial charge < -0.3 is 0 Å². The quantitative estimate of drug-likeness (QED) is 0.637. The van der Waals surface area contributed by atoms with Crippen molar-refractivity contribution < 1.29 is 4.79 Å². The molecule has 0 atom stereocenters. The third-order valence-electron chi connectivity index (χ3n) is 4.22. The molecule has 2 aromatic carbocycles. The van der Waals surface area contributed by atoms with Gasteiger partial charge in [0.1, 0.15) is 0 Å². The second-order valence-corrected chi connectivity index (χ2v) is 7.18. The van der Waals surface area contributed by atoms with Gasteiger partial charge in [0.25, 0.3) is 5.91 Å². The smallest absolute Gasteiger partial charge is 0.257 e. The lowest BCUT2D eigenvalue weighted by molar-refractivity contribution is 0.102. The van der Waals surface area contributed by atoms with E-state index in [4.69, 9.17) is 0 Å². The lowest BCUT2D eigenvalue weighted by atomic mass is 10.0. The molecule has 0 saturated heterocycles. The Morgan fingerprint density at radius 3 is 2.36 bits per heavy atom. The number of carbonyl (C=O) groups excluding carboxylic acids is 1. The summed E-state index contributed by atoms with van der Waals surface area (Å²) in [6.45, 7) is 6.41. The first kappa shape index (κ1) is 17.4. The number of hydrogen-bond acceptors (Lipinski definition) is 3. The minimum atomic E-state index is -0.127. The maximum Gasteiger partial charge on any atom is 0.257 e. The Bertz CT molecular complexity index is 848. The molecule has 0 radical (unpaired) electrons. The Kier molecular flexibility index (Phi) is 5.29. The monoisotopic (exact) mass is 350 g/mol. The van der Waals surface area contributed by atoms with Crippen LogP contribution >= 0.6 is 11.3 Å². The van der Waals surface area contributed by atoms with Crippen molar-refractivity contribution >= 4 is 22.4 Å². The summed E-state index contributed by atoms with van der Waals surface area (Å²) >= 11 is 1.44. The fourth-order valence-corrected chi connectivity index (χ4v) is 3.28. The molecule has 0 unspecified atom stereocenters. The summed E-state index contributed by atoms with van der Waals surface area (Å²) in [6, 6.07) is 16.1. The molecule has 4 heteroatoms. The van der Waals surface area contributed by atoms with Crippen LogP contribution in [0, 0.1) is 0 Å². The van der Waals surface area contributed by atoms with Gasteiger partial charge in [0.15, 0.2) is 5.13 Å². The first-order valence-electron chi connectivity index (χ1n) is 8.53. The summed E-state index contributed by atoms with van der Waals surface area (Å²) < 4.78 is 0. The molecule has 1 N–H and O–H groups in total. The average molecular weight is 350 g/mol. The Morgan fingerprint density at radius 1 is 1.08 bits per heavy atom. The van der Waals surface area contributed by atoms with E-state index in [9.17, 15) is 4.79 Å². The Balaban J connectivity index is 1.70. The number of thiazole rings is 1. The lowest BCUT2D eigenvalue weighted by Gasteiger charge is -2.06. The highest BCUT2D eigenvalue weighted by Gasteiger charge is 2.10. The molecule has 0 fully saturated rings. The van der Waals surface area contributed by atoms with Crippen molar-refractivity contribution in [3.05, 3.63) is 70.6 Å². The fraction of sp³-hybridized carbons (Fsp3) is 0.238. The third kappa shape index (κ3) is 4.15. The second kappa shape index (κ2) is 7.62. The molecule has 0 bridgehead atoms. The first-order chi connectivity index (χ1) is 12.1. The van der Waals surface area contributed by atoms with Gasteiger partial charge in [-0.25, -0.2) is 4.98 Å². The minimum Gasteiger partial charge on any atom is -0.298 e. The number of carbonyl (C=O) groups is 1. The number of nitrogens with zero attached hydrogens (tertiary/aromatic N) is 1. The number of amides is 1. The predicted octanol–water partition coefficient (Wildman–Crippen LogP) is 5.75. The molecule has 3 nitrogen and oxygen atoms in total. The molecule has 25 heavy (non-hydrogen) atoms. The number of hydrogen-bond donors (Lipinski definition) is 1. The number of nitrogens with one attached hydrogen (secondary N) is 1. The molecule has 0 aliphatic heterocycles. The molecule has 0 saturated carbocycles. The highest BCUT2D eigenvalue weighted by atomic mass is 32.1. The van der Waals surface area contributed by atoms with Crippen molar-refractivity contribution in [2.75, 3.05) is 5.32 Å². The average Bonchev–Trinajstić information content (AvgIpc) is 3.10. The van der Waals surface area contributed by atoms with Crippen molar-refractivity contribution in [1.82, 2.24) is 4.98 Å². The number of rotatable bonds is 5. The van der Waals surface area contributed by atoms with Crippen molar-refractivity contribution in [1.29, 1.82) is 0 Å². The Morgan fingerprint density at radius 2 is 1.76 bits per heavy atom. The van der Waals surface area contributed by atoms with Crippen LogP contribution in [0.15, 0.2) is 53.9 Å². The van der Waals surface area contributed by atoms with Crippen LogP contribution in [0.1, 0.15) is 48.2 Å². The topological polar surface area (TPSA) is 42.0 Å². The molecule has 1 amide bonds.